The molecule has 0 aliphatic carbocycles. The molecular weight excluding hydrogens is 620 g/mol. The molecule has 5 unspecified atom stereocenters. The van der Waals surface area contributed by atoms with Gasteiger partial charge in [0.15, 0.2) is 0 Å². The van der Waals surface area contributed by atoms with E-state index in [1.165, 1.54) is 0 Å². The van der Waals surface area contributed by atoms with Gasteiger partial charge in [-0.25, -0.2) is 0 Å². The van der Waals surface area contributed by atoms with Crippen LogP contribution in [-0.2, 0) is 46.1 Å². The van der Waals surface area contributed by atoms with Gasteiger partial charge in [-0.1, -0.05) is 0 Å². The summed E-state index contributed by atoms with van der Waals surface area (Å²) in [5, 5.41) is -0.158. The van der Waals surface area contributed by atoms with Gasteiger partial charge in [0.1, 0.15) is 0 Å². The molecule has 0 N–H and O–H groups in total. The van der Waals surface area contributed by atoms with E-state index >= 15 is 0 Å². The Morgan fingerprint density at radius 1 is 0.655 bits per heavy atom. The van der Waals surface area contributed by atoms with Crippen molar-refractivity contribution in [2.45, 2.75) is 108 Å². The van der Waals surface area contributed by atoms with Crippen LogP contribution in [0.4, 0.5) is 0 Å². The Labute approximate surface area is 203 Å². The van der Waals surface area contributed by atoms with E-state index in [0.717, 1.165) is 71.2 Å². The summed E-state index contributed by atoms with van der Waals surface area (Å²) in [5.74, 6) is 0. The topological polar surface area (TPSA) is 46.2 Å². The minimum atomic E-state index is -0.166. The average Bonchev–Trinajstić information content (AvgIpc) is 2.69. The van der Waals surface area contributed by atoms with Gasteiger partial charge >= 0.3 is 181 Å². The van der Waals surface area contributed by atoms with Crippen LogP contribution < -0.4 is 0 Å². The van der Waals surface area contributed by atoms with Crippen molar-refractivity contribution in [2.75, 3.05) is 33.0 Å². The molecule has 0 aromatic carbocycles. The van der Waals surface area contributed by atoms with E-state index in [1.807, 2.05) is 0 Å². The molecule has 29 heavy (non-hydrogen) atoms. The first kappa shape index (κ1) is 30.1. The fourth-order valence-corrected chi connectivity index (χ4v) is 3.91. The Kier molecular flexibility index (Phi) is 20.4. The summed E-state index contributed by atoms with van der Waals surface area (Å²) >= 11 is 3.16. The minimum absolute atomic E-state index is 0. The molecule has 0 aromatic rings. The SMILES string of the molecule is CCCCOCC1OC([Se])C(OCCCC)C(OCCCC)C1OCCCC.[Au]. The summed E-state index contributed by atoms with van der Waals surface area (Å²) in [5.41, 5.74) is 0. The van der Waals surface area contributed by atoms with Crippen molar-refractivity contribution in [3.8, 4) is 0 Å². The summed E-state index contributed by atoms with van der Waals surface area (Å²) in [4.78, 5) is 0. The van der Waals surface area contributed by atoms with Crippen LogP contribution in [0.5, 0.6) is 0 Å². The van der Waals surface area contributed by atoms with Gasteiger partial charge in [-0.05, 0) is 0 Å². The van der Waals surface area contributed by atoms with E-state index in [1.54, 1.807) is 0 Å². The van der Waals surface area contributed by atoms with Gasteiger partial charge in [-0.3, -0.25) is 0 Å². The number of hydrogen-bond acceptors (Lipinski definition) is 5. The first-order valence-electron chi connectivity index (χ1n) is 11.4. The van der Waals surface area contributed by atoms with Gasteiger partial charge in [0.05, 0.1) is 0 Å². The van der Waals surface area contributed by atoms with Crippen LogP contribution in [-0.4, -0.2) is 78.5 Å². The standard InChI is InChI=1S/C22H43O5Se.Au/c1-5-9-13-23-17-18-19(24-14-10-6-2)20(25-15-11-7-3)21(22(28)27-18)26-16-12-8-4;/h18-22H,5-17H2,1-4H3;. The van der Waals surface area contributed by atoms with E-state index < -0.39 is 0 Å². The monoisotopic (exact) mass is 664 g/mol. The molecule has 0 saturated carbocycles. The van der Waals surface area contributed by atoms with Crippen molar-refractivity contribution in [3.63, 3.8) is 0 Å². The van der Waals surface area contributed by atoms with Crippen molar-refractivity contribution >= 4 is 16.0 Å². The third-order valence-electron chi connectivity index (χ3n) is 4.94. The number of unbranched alkanes of at least 4 members (excludes halogenated alkanes) is 4. The molecule has 0 amide bonds. The summed E-state index contributed by atoms with van der Waals surface area (Å²) in [6, 6.07) is 0. The van der Waals surface area contributed by atoms with Crippen LogP contribution in [0, 0.1) is 0 Å². The Hall–Kier alpha value is 1.06. The fourth-order valence-electron chi connectivity index (χ4n) is 3.12. The molecule has 0 aromatic heterocycles. The zero-order valence-corrected chi connectivity index (χ0v) is 22.7. The number of hydrogen-bond donors (Lipinski definition) is 0. The van der Waals surface area contributed by atoms with E-state index in [2.05, 4.69) is 43.7 Å². The third kappa shape index (κ3) is 12.0. The maximum atomic E-state index is 6.33. The zero-order chi connectivity index (χ0) is 20.6. The van der Waals surface area contributed by atoms with Gasteiger partial charge in [-0.2, -0.15) is 0 Å². The van der Waals surface area contributed by atoms with Crippen LogP contribution in [0.1, 0.15) is 79.1 Å². The summed E-state index contributed by atoms with van der Waals surface area (Å²) in [7, 11) is 0. The van der Waals surface area contributed by atoms with E-state index in [9.17, 15) is 0 Å². The molecular formula is C22H43AuO5Se. The summed E-state index contributed by atoms with van der Waals surface area (Å²) in [6.45, 7) is 12.1. The van der Waals surface area contributed by atoms with Gasteiger partial charge in [0.25, 0.3) is 0 Å². The molecule has 1 fully saturated rings. The third-order valence-corrected chi connectivity index (χ3v) is 5.74. The van der Waals surface area contributed by atoms with Gasteiger partial charge in [0, 0.05) is 22.4 Å². The van der Waals surface area contributed by atoms with Crippen molar-refractivity contribution in [2.24, 2.45) is 0 Å². The van der Waals surface area contributed by atoms with Gasteiger partial charge in [0.2, 0.25) is 0 Å². The second-order valence-electron chi connectivity index (χ2n) is 7.54. The molecule has 178 valence electrons. The quantitative estimate of drug-likeness (QED) is 0.172. The van der Waals surface area contributed by atoms with Crippen molar-refractivity contribution < 1.29 is 46.1 Å². The first-order chi connectivity index (χ1) is 13.7. The van der Waals surface area contributed by atoms with Gasteiger partial charge < -0.3 is 0 Å². The largest absolute Gasteiger partial charge is 0 e. The number of ether oxygens (including phenoxy) is 5. The van der Waals surface area contributed by atoms with E-state index in [-0.39, 0.29) is 51.8 Å². The van der Waals surface area contributed by atoms with E-state index in [0.29, 0.717) is 13.2 Å². The second-order valence-corrected chi connectivity index (χ2v) is 8.51. The molecule has 1 rings (SSSR count). The summed E-state index contributed by atoms with van der Waals surface area (Å²) < 4.78 is 31.0. The van der Waals surface area contributed by atoms with Crippen LogP contribution >= 0.6 is 0 Å². The van der Waals surface area contributed by atoms with Gasteiger partial charge in [-0.15, -0.1) is 0 Å². The van der Waals surface area contributed by atoms with E-state index in [4.69, 9.17) is 23.7 Å². The molecule has 0 spiro atoms. The van der Waals surface area contributed by atoms with Crippen LogP contribution in [0.2, 0.25) is 0 Å². The maximum absolute atomic E-state index is 6.33. The first-order valence-corrected chi connectivity index (χ1v) is 12.4. The second kappa shape index (κ2) is 19.7. The molecule has 1 aliphatic rings. The molecule has 7 heteroatoms. The van der Waals surface area contributed by atoms with Crippen molar-refractivity contribution in [1.82, 2.24) is 0 Å². The summed E-state index contributed by atoms with van der Waals surface area (Å²) in [6.07, 6.45) is 8.02. The smallest absolute Gasteiger partial charge is 0 e. The Morgan fingerprint density at radius 3 is 1.62 bits per heavy atom. The van der Waals surface area contributed by atoms with Crippen molar-refractivity contribution in [1.29, 1.82) is 0 Å². The molecule has 1 aliphatic heterocycles. The normalized spacial score (nSPS) is 27.0. The van der Waals surface area contributed by atoms with Crippen LogP contribution in [0.3, 0.4) is 0 Å². The molecule has 2 radical (unpaired) electrons. The molecule has 1 saturated heterocycles. The Morgan fingerprint density at radius 2 is 1.10 bits per heavy atom. The average molecular weight is 664 g/mol. The molecule has 5 atom stereocenters. The van der Waals surface area contributed by atoms with Crippen LogP contribution in [0.15, 0.2) is 0 Å². The maximum Gasteiger partial charge on any atom is 0 e. The fraction of sp³-hybridized carbons (Fsp3) is 1.00. The molecule has 1 heterocycles. The predicted octanol–water partition coefficient (Wildman–Crippen LogP) is 4.25. The van der Waals surface area contributed by atoms with Crippen LogP contribution in [0.25, 0.3) is 0 Å². The molecule has 0 bridgehead atoms. The Balaban J connectivity index is 0.00000784. The van der Waals surface area contributed by atoms with Crippen molar-refractivity contribution in [3.05, 3.63) is 0 Å². The number of rotatable bonds is 17. The molecule has 5 nitrogen and oxygen atoms in total. The minimum Gasteiger partial charge on any atom is 0 e. The zero-order valence-electron chi connectivity index (χ0n) is 18.8. The Bertz CT molecular complexity index is 364. The predicted molar refractivity (Wildman–Crippen MR) is 114 cm³/mol.